The fraction of sp³-hybridized carbons (Fsp3) is 0.421. The zero-order chi connectivity index (χ0) is 19.9. The molecule has 0 fully saturated rings. The van der Waals surface area contributed by atoms with E-state index in [-0.39, 0.29) is 30.5 Å². The van der Waals surface area contributed by atoms with E-state index in [2.05, 4.69) is 4.98 Å². The standard InChI is InChI=1S/C19H26NO6P/c1-5-25-27(22,26-6-2)18(10-14-8-7-9-20-13-14)15-11-16(23-3)19(21)17(12-15)24-4/h7-9,11-13,18,21H,5-6,10H2,1-4H3. The minimum absolute atomic E-state index is 0.119. The number of benzene rings is 1. The lowest BCUT2D eigenvalue weighted by atomic mass is 10.0. The second-order valence-corrected chi connectivity index (χ2v) is 7.95. The number of aromatic hydroxyl groups is 1. The molecule has 0 aliphatic carbocycles. The maximum Gasteiger partial charge on any atom is 0.338 e. The molecule has 2 rings (SSSR count). The number of pyridine rings is 1. The number of ether oxygens (including phenoxy) is 2. The van der Waals surface area contributed by atoms with Crippen LogP contribution in [0.5, 0.6) is 17.2 Å². The van der Waals surface area contributed by atoms with Gasteiger partial charge in [0.25, 0.3) is 0 Å². The molecule has 0 saturated heterocycles. The van der Waals surface area contributed by atoms with E-state index in [0.29, 0.717) is 12.0 Å². The highest BCUT2D eigenvalue weighted by Gasteiger charge is 2.38. The molecular weight excluding hydrogens is 369 g/mol. The summed E-state index contributed by atoms with van der Waals surface area (Å²) in [4.78, 5) is 4.13. The van der Waals surface area contributed by atoms with E-state index in [9.17, 15) is 9.67 Å². The average molecular weight is 395 g/mol. The van der Waals surface area contributed by atoms with Gasteiger partial charge in [0.2, 0.25) is 5.75 Å². The Balaban J connectivity index is 2.59. The zero-order valence-corrected chi connectivity index (χ0v) is 16.9. The molecule has 27 heavy (non-hydrogen) atoms. The first-order valence-corrected chi connectivity index (χ1v) is 10.3. The van der Waals surface area contributed by atoms with Crippen molar-refractivity contribution in [3.8, 4) is 17.2 Å². The van der Waals surface area contributed by atoms with Gasteiger partial charge in [0.15, 0.2) is 11.5 Å². The molecule has 1 aromatic carbocycles. The molecule has 0 spiro atoms. The van der Waals surface area contributed by atoms with Gasteiger partial charge in [-0.15, -0.1) is 0 Å². The summed E-state index contributed by atoms with van der Waals surface area (Å²) in [5.74, 6) is 0.326. The maximum atomic E-state index is 13.6. The van der Waals surface area contributed by atoms with Gasteiger partial charge in [-0.3, -0.25) is 9.55 Å². The first-order chi connectivity index (χ1) is 13.0. The summed E-state index contributed by atoms with van der Waals surface area (Å²) in [6.45, 7) is 4.02. The van der Waals surface area contributed by atoms with E-state index < -0.39 is 13.3 Å². The number of aromatic nitrogens is 1. The summed E-state index contributed by atoms with van der Waals surface area (Å²) in [7, 11) is -0.626. The van der Waals surface area contributed by atoms with Crippen molar-refractivity contribution in [1.82, 2.24) is 4.98 Å². The summed E-state index contributed by atoms with van der Waals surface area (Å²) in [6, 6.07) is 6.97. The van der Waals surface area contributed by atoms with Crippen LogP contribution in [-0.4, -0.2) is 37.5 Å². The smallest absolute Gasteiger partial charge is 0.338 e. The Hall–Kier alpha value is -2.08. The Morgan fingerprint density at radius 3 is 2.15 bits per heavy atom. The summed E-state index contributed by atoms with van der Waals surface area (Å²) < 4.78 is 35.3. The van der Waals surface area contributed by atoms with Gasteiger partial charge >= 0.3 is 7.60 Å². The van der Waals surface area contributed by atoms with Crippen LogP contribution in [0.2, 0.25) is 0 Å². The molecule has 1 aromatic heterocycles. The van der Waals surface area contributed by atoms with Crippen LogP contribution in [0.1, 0.15) is 30.6 Å². The molecule has 8 heteroatoms. The predicted octanol–water partition coefficient (Wildman–Crippen LogP) is 4.35. The average Bonchev–Trinajstić information content (AvgIpc) is 2.67. The number of nitrogens with zero attached hydrogens (tertiary/aromatic N) is 1. The number of hydrogen-bond donors (Lipinski definition) is 1. The third-order valence-corrected chi connectivity index (χ3v) is 6.52. The van der Waals surface area contributed by atoms with E-state index in [0.717, 1.165) is 5.56 Å². The van der Waals surface area contributed by atoms with Crippen molar-refractivity contribution in [3.05, 3.63) is 47.8 Å². The summed E-state index contributed by atoms with van der Waals surface area (Å²) in [5.41, 5.74) is 0.883. The van der Waals surface area contributed by atoms with Gasteiger partial charge in [-0.05, 0) is 49.6 Å². The van der Waals surface area contributed by atoms with Gasteiger partial charge in [-0.1, -0.05) is 6.07 Å². The van der Waals surface area contributed by atoms with Crippen molar-refractivity contribution in [2.45, 2.75) is 25.9 Å². The molecule has 2 aromatic rings. The highest BCUT2D eigenvalue weighted by molar-refractivity contribution is 7.54. The molecule has 0 bridgehead atoms. The van der Waals surface area contributed by atoms with Gasteiger partial charge in [-0.25, -0.2) is 0 Å². The molecule has 0 amide bonds. The van der Waals surface area contributed by atoms with Crippen LogP contribution in [0, 0.1) is 0 Å². The molecular formula is C19H26NO6P. The molecule has 1 unspecified atom stereocenters. The number of phenols is 1. The monoisotopic (exact) mass is 395 g/mol. The largest absolute Gasteiger partial charge is 0.502 e. The van der Waals surface area contributed by atoms with Crippen molar-refractivity contribution in [3.63, 3.8) is 0 Å². The van der Waals surface area contributed by atoms with Crippen LogP contribution in [0.4, 0.5) is 0 Å². The van der Waals surface area contributed by atoms with Crippen molar-refractivity contribution >= 4 is 7.60 Å². The lowest BCUT2D eigenvalue weighted by Crippen LogP contribution is -2.10. The Morgan fingerprint density at radius 1 is 1.11 bits per heavy atom. The molecule has 0 aliphatic rings. The quantitative estimate of drug-likeness (QED) is 0.598. The fourth-order valence-corrected chi connectivity index (χ4v) is 4.94. The summed E-state index contributed by atoms with van der Waals surface area (Å²) >= 11 is 0. The molecule has 0 saturated carbocycles. The highest BCUT2D eigenvalue weighted by Crippen LogP contribution is 2.63. The second-order valence-electron chi connectivity index (χ2n) is 5.73. The molecule has 148 valence electrons. The summed E-state index contributed by atoms with van der Waals surface area (Å²) in [6.07, 6.45) is 3.77. The van der Waals surface area contributed by atoms with Crippen LogP contribution < -0.4 is 9.47 Å². The molecule has 7 nitrogen and oxygen atoms in total. The number of phenolic OH excluding ortho intramolecular Hbond substituents is 1. The lowest BCUT2D eigenvalue weighted by molar-refractivity contribution is 0.211. The van der Waals surface area contributed by atoms with Gasteiger partial charge < -0.3 is 23.6 Å². The lowest BCUT2D eigenvalue weighted by Gasteiger charge is -2.27. The second kappa shape index (κ2) is 9.74. The van der Waals surface area contributed by atoms with Gasteiger partial charge in [0.05, 0.1) is 33.1 Å². The number of rotatable bonds is 10. The SMILES string of the molecule is CCOP(=O)(OCC)C(Cc1cccnc1)c1cc(OC)c(O)c(OC)c1. The summed E-state index contributed by atoms with van der Waals surface area (Å²) in [5, 5.41) is 10.2. The molecule has 1 atom stereocenters. The van der Waals surface area contributed by atoms with Crippen molar-refractivity contribution in [2.24, 2.45) is 0 Å². The first kappa shape index (κ1) is 21.2. The van der Waals surface area contributed by atoms with Crippen LogP contribution >= 0.6 is 7.60 Å². The van der Waals surface area contributed by atoms with Crippen molar-refractivity contribution in [1.29, 1.82) is 0 Å². The van der Waals surface area contributed by atoms with Crippen LogP contribution in [0.15, 0.2) is 36.7 Å². The van der Waals surface area contributed by atoms with Crippen molar-refractivity contribution in [2.75, 3.05) is 27.4 Å². The Labute approximate surface area is 159 Å². The third kappa shape index (κ3) is 5.01. The maximum absolute atomic E-state index is 13.6. The highest BCUT2D eigenvalue weighted by atomic mass is 31.2. The van der Waals surface area contributed by atoms with E-state index >= 15 is 0 Å². The van der Waals surface area contributed by atoms with E-state index in [1.165, 1.54) is 14.2 Å². The minimum Gasteiger partial charge on any atom is -0.502 e. The Bertz CT molecular complexity index is 748. The molecule has 1 N–H and O–H groups in total. The number of methoxy groups -OCH3 is 2. The zero-order valence-electron chi connectivity index (χ0n) is 16.0. The fourth-order valence-electron chi connectivity index (χ4n) is 2.84. The van der Waals surface area contributed by atoms with Crippen molar-refractivity contribution < 1.29 is 28.2 Å². The van der Waals surface area contributed by atoms with Crippen LogP contribution in [-0.2, 0) is 20.0 Å². The third-order valence-electron chi connectivity index (χ3n) is 4.04. The molecule has 0 radical (unpaired) electrons. The van der Waals surface area contributed by atoms with E-state index in [1.54, 1.807) is 38.4 Å². The van der Waals surface area contributed by atoms with Gasteiger partial charge in [-0.2, -0.15) is 0 Å². The Kier molecular flexibility index (Phi) is 7.66. The van der Waals surface area contributed by atoms with E-state index in [4.69, 9.17) is 18.5 Å². The topological polar surface area (TPSA) is 87.1 Å². The van der Waals surface area contributed by atoms with Crippen LogP contribution in [0.3, 0.4) is 0 Å². The Morgan fingerprint density at radius 2 is 1.70 bits per heavy atom. The minimum atomic E-state index is -3.51. The molecule has 1 heterocycles. The predicted molar refractivity (Wildman–Crippen MR) is 103 cm³/mol. The first-order valence-electron chi connectivity index (χ1n) is 8.71. The van der Waals surface area contributed by atoms with Gasteiger partial charge in [0, 0.05) is 12.4 Å². The molecule has 0 aliphatic heterocycles. The van der Waals surface area contributed by atoms with Gasteiger partial charge in [0.1, 0.15) is 0 Å². The van der Waals surface area contributed by atoms with E-state index in [1.807, 2.05) is 12.1 Å². The number of hydrogen-bond acceptors (Lipinski definition) is 7. The normalized spacial score (nSPS) is 12.6. The van der Waals surface area contributed by atoms with Crippen LogP contribution in [0.25, 0.3) is 0 Å².